The Bertz CT molecular complexity index is 955. The summed E-state index contributed by atoms with van der Waals surface area (Å²) < 4.78 is 24.2. The van der Waals surface area contributed by atoms with Crippen LogP contribution in [0.5, 0.6) is 5.75 Å². The zero-order valence-corrected chi connectivity index (χ0v) is 23.2. The van der Waals surface area contributed by atoms with Gasteiger partial charge in [0.05, 0.1) is 13.2 Å². The minimum Gasteiger partial charge on any atom is -0.494 e. The van der Waals surface area contributed by atoms with Crippen LogP contribution in [0.25, 0.3) is 12.2 Å². The van der Waals surface area contributed by atoms with Crippen molar-refractivity contribution in [2.45, 2.75) is 64.4 Å². The third kappa shape index (κ3) is 14.6. The fourth-order valence-electron chi connectivity index (χ4n) is 3.72. The average molecular weight is 527 g/mol. The number of ether oxygens (including phenoxy) is 4. The maximum Gasteiger partial charge on any atom is 0.305 e. The van der Waals surface area contributed by atoms with Gasteiger partial charge in [0.2, 0.25) is 0 Å². The molecule has 0 spiro atoms. The van der Waals surface area contributed by atoms with E-state index in [0.29, 0.717) is 45.5 Å². The van der Waals surface area contributed by atoms with Gasteiger partial charge in [0.1, 0.15) is 31.3 Å². The quantitative estimate of drug-likeness (QED) is 0.132. The van der Waals surface area contributed by atoms with Crippen LogP contribution in [0.15, 0.2) is 48.8 Å². The molecular formula is C31H44NO6+. The molecule has 1 aromatic carbocycles. The normalized spacial score (nSPS) is 12.0. The van der Waals surface area contributed by atoms with Crippen molar-refractivity contribution < 1.29 is 33.1 Å². The summed E-state index contributed by atoms with van der Waals surface area (Å²) in [5, 5.41) is 0. The average Bonchev–Trinajstić information content (AvgIpc) is 2.91. The summed E-state index contributed by atoms with van der Waals surface area (Å²) in [4.78, 5) is 22.8. The SMILES string of the molecule is COCC(COC(=O)CCCCC(C)=O)OCCCCCCOc1ccc(C=Cc2cc[n+](C)cc2)cc1. The van der Waals surface area contributed by atoms with Gasteiger partial charge in [0.15, 0.2) is 12.4 Å². The highest BCUT2D eigenvalue weighted by Crippen LogP contribution is 2.15. The molecule has 0 aliphatic rings. The molecule has 0 aliphatic heterocycles. The van der Waals surface area contributed by atoms with Gasteiger partial charge in [-0.2, -0.15) is 0 Å². The van der Waals surface area contributed by atoms with Crippen LogP contribution in [0.4, 0.5) is 0 Å². The van der Waals surface area contributed by atoms with Gasteiger partial charge >= 0.3 is 5.97 Å². The molecule has 0 bridgehead atoms. The second-order valence-electron chi connectivity index (χ2n) is 9.50. The molecule has 0 aliphatic carbocycles. The van der Waals surface area contributed by atoms with Crippen molar-refractivity contribution in [2.24, 2.45) is 7.05 Å². The molecule has 7 heteroatoms. The number of aryl methyl sites for hydroxylation is 1. The van der Waals surface area contributed by atoms with Crippen LogP contribution < -0.4 is 9.30 Å². The summed E-state index contributed by atoms with van der Waals surface area (Å²) >= 11 is 0. The van der Waals surface area contributed by atoms with Crippen LogP contribution in [-0.4, -0.2) is 51.4 Å². The van der Waals surface area contributed by atoms with Gasteiger partial charge in [-0.3, -0.25) is 4.79 Å². The fraction of sp³-hybridized carbons (Fsp3) is 0.516. The van der Waals surface area contributed by atoms with Gasteiger partial charge in [-0.1, -0.05) is 30.7 Å². The number of pyridine rings is 1. The van der Waals surface area contributed by atoms with E-state index in [-0.39, 0.29) is 24.5 Å². The van der Waals surface area contributed by atoms with E-state index in [4.69, 9.17) is 18.9 Å². The number of aromatic nitrogens is 1. The number of hydrogen-bond donors (Lipinski definition) is 0. The van der Waals surface area contributed by atoms with E-state index in [1.54, 1.807) is 14.0 Å². The lowest BCUT2D eigenvalue weighted by molar-refractivity contribution is -0.671. The van der Waals surface area contributed by atoms with Crippen molar-refractivity contribution in [1.82, 2.24) is 0 Å². The predicted octanol–water partition coefficient (Wildman–Crippen LogP) is 5.34. The number of unbranched alkanes of at least 4 members (excludes halogenated alkanes) is 4. The highest BCUT2D eigenvalue weighted by Gasteiger charge is 2.12. The standard InChI is InChI=1S/C31H44NO6/c1-26(33)10-6-7-11-31(34)38-25-30(24-35-3)37-23-9-5-4-8-22-36-29-16-14-27(15-17-29)12-13-28-18-20-32(2)21-19-28/h12-21,30H,4-11,22-25H2,1-3H3/q+1. The van der Waals surface area contributed by atoms with Crippen LogP contribution in [0.3, 0.4) is 0 Å². The van der Waals surface area contributed by atoms with Gasteiger partial charge < -0.3 is 23.7 Å². The molecule has 1 unspecified atom stereocenters. The largest absolute Gasteiger partial charge is 0.494 e. The Labute approximate surface area is 227 Å². The summed E-state index contributed by atoms with van der Waals surface area (Å²) in [6.45, 7) is 3.41. The molecule has 0 saturated carbocycles. The third-order valence-electron chi connectivity index (χ3n) is 5.96. The van der Waals surface area contributed by atoms with Gasteiger partial charge in [-0.15, -0.1) is 0 Å². The van der Waals surface area contributed by atoms with Crippen molar-refractivity contribution in [2.75, 3.05) is 33.5 Å². The molecule has 1 heterocycles. The fourth-order valence-corrected chi connectivity index (χ4v) is 3.72. The Morgan fingerprint density at radius 3 is 2.11 bits per heavy atom. The zero-order chi connectivity index (χ0) is 27.4. The first-order chi connectivity index (χ1) is 18.5. The highest BCUT2D eigenvalue weighted by molar-refractivity contribution is 5.75. The molecule has 0 N–H and O–H groups in total. The van der Waals surface area contributed by atoms with Crippen LogP contribution in [0.2, 0.25) is 0 Å². The lowest BCUT2D eigenvalue weighted by Crippen LogP contribution is -2.27. The maximum absolute atomic E-state index is 11.9. The van der Waals surface area contributed by atoms with E-state index < -0.39 is 0 Å². The Balaban J connectivity index is 1.52. The Morgan fingerprint density at radius 1 is 0.816 bits per heavy atom. The van der Waals surface area contributed by atoms with Crippen LogP contribution in [-0.2, 0) is 30.8 Å². The number of nitrogens with zero attached hydrogens (tertiary/aromatic N) is 1. The number of esters is 1. The summed E-state index contributed by atoms with van der Waals surface area (Å²) in [5.74, 6) is 0.769. The van der Waals surface area contributed by atoms with Gasteiger partial charge in [0, 0.05) is 38.7 Å². The predicted molar refractivity (Wildman–Crippen MR) is 149 cm³/mol. The number of ketones is 1. The first kappa shape index (κ1) is 31.2. The van der Waals surface area contributed by atoms with E-state index in [1.165, 1.54) is 5.56 Å². The number of methoxy groups -OCH3 is 1. The van der Waals surface area contributed by atoms with Crippen molar-refractivity contribution in [1.29, 1.82) is 0 Å². The number of hydrogen-bond acceptors (Lipinski definition) is 6. The van der Waals surface area contributed by atoms with Crippen LogP contribution in [0, 0.1) is 0 Å². The summed E-state index contributed by atoms with van der Waals surface area (Å²) in [7, 11) is 3.61. The van der Waals surface area contributed by atoms with Gasteiger partial charge in [-0.25, -0.2) is 4.57 Å². The minimum atomic E-state index is -0.266. The molecule has 208 valence electrons. The van der Waals surface area contributed by atoms with Crippen molar-refractivity contribution in [3.05, 3.63) is 59.9 Å². The molecule has 0 saturated heterocycles. The second-order valence-corrected chi connectivity index (χ2v) is 9.50. The van der Waals surface area contributed by atoms with E-state index in [0.717, 1.165) is 37.0 Å². The first-order valence-electron chi connectivity index (χ1n) is 13.6. The lowest BCUT2D eigenvalue weighted by atomic mass is 10.1. The van der Waals surface area contributed by atoms with E-state index in [1.807, 2.05) is 36.1 Å². The first-order valence-corrected chi connectivity index (χ1v) is 13.6. The number of rotatable bonds is 20. The molecule has 7 nitrogen and oxygen atoms in total. The second kappa shape index (κ2) is 19.1. The Hall–Kier alpha value is -3.03. The van der Waals surface area contributed by atoms with E-state index >= 15 is 0 Å². The number of carbonyl (C=O) groups excluding carboxylic acids is 2. The molecule has 0 amide bonds. The molecule has 1 atom stereocenters. The molecule has 0 radical (unpaired) electrons. The minimum absolute atomic E-state index is 0.145. The number of Topliss-reactive ketones (excluding diaryl/α,β-unsaturated/α-hetero) is 1. The van der Waals surface area contributed by atoms with Crippen molar-refractivity contribution in [3.63, 3.8) is 0 Å². The monoisotopic (exact) mass is 526 g/mol. The molecule has 1 aromatic heterocycles. The van der Waals surface area contributed by atoms with Crippen LogP contribution in [0.1, 0.15) is 69.4 Å². The molecule has 38 heavy (non-hydrogen) atoms. The zero-order valence-electron chi connectivity index (χ0n) is 23.2. The van der Waals surface area contributed by atoms with Crippen molar-refractivity contribution >= 4 is 23.9 Å². The third-order valence-corrected chi connectivity index (χ3v) is 5.96. The molecular weight excluding hydrogens is 482 g/mol. The van der Waals surface area contributed by atoms with Gasteiger partial charge in [0.25, 0.3) is 0 Å². The summed E-state index contributed by atoms with van der Waals surface area (Å²) in [6.07, 6.45) is 14.2. The summed E-state index contributed by atoms with van der Waals surface area (Å²) in [5.41, 5.74) is 2.30. The Morgan fingerprint density at radius 2 is 1.45 bits per heavy atom. The van der Waals surface area contributed by atoms with Crippen molar-refractivity contribution in [3.8, 4) is 5.75 Å². The summed E-state index contributed by atoms with van der Waals surface area (Å²) in [6, 6.07) is 12.3. The highest BCUT2D eigenvalue weighted by atomic mass is 16.6. The van der Waals surface area contributed by atoms with E-state index in [9.17, 15) is 9.59 Å². The number of benzene rings is 1. The molecule has 2 rings (SSSR count). The lowest BCUT2D eigenvalue weighted by Gasteiger charge is -2.17. The molecule has 0 fully saturated rings. The van der Waals surface area contributed by atoms with Gasteiger partial charge in [-0.05, 0) is 62.3 Å². The number of carbonyl (C=O) groups is 2. The molecule has 2 aromatic rings. The topological polar surface area (TPSA) is 74.9 Å². The van der Waals surface area contributed by atoms with Crippen LogP contribution >= 0.6 is 0 Å². The maximum atomic E-state index is 11.9. The van der Waals surface area contributed by atoms with E-state index in [2.05, 4.69) is 36.4 Å². The Kier molecular flexibility index (Phi) is 15.7. The smallest absolute Gasteiger partial charge is 0.305 e.